The molecule has 1 aliphatic rings. The van der Waals surface area contributed by atoms with E-state index in [9.17, 15) is 14.4 Å². The van der Waals surface area contributed by atoms with Crippen molar-refractivity contribution in [3.8, 4) is 0 Å². The molecular weight excluding hydrogens is 196 g/mol. The highest BCUT2D eigenvalue weighted by molar-refractivity contribution is 6.54. The van der Waals surface area contributed by atoms with Gasteiger partial charge in [-0.25, -0.2) is 4.79 Å². The zero-order valence-corrected chi connectivity index (χ0v) is 7.84. The van der Waals surface area contributed by atoms with Crippen molar-refractivity contribution in [1.82, 2.24) is 0 Å². The standard InChI is InChI=1S/C8H9ClO4/c1-13-8(12)7(11)5(9)6(10)4-2-3-4/h4-5H,2-3H2,1H3/t5-/m0/s1. The fraction of sp³-hybridized carbons (Fsp3) is 0.625. The predicted octanol–water partition coefficient (Wildman–Crippen LogP) is 0.315. The summed E-state index contributed by atoms with van der Waals surface area (Å²) in [5.41, 5.74) is 0. The average molecular weight is 205 g/mol. The number of rotatable bonds is 4. The van der Waals surface area contributed by atoms with Gasteiger partial charge in [0.15, 0.2) is 11.2 Å². The smallest absolute Gasteiger partial charge is 0.376 e. The highest BCUT2D eigenvalue weighted by Crippen LogP contribution is 2.32. The van der Waals surface area contributed by atoms with Gasteiger partial charge >= 0.3 is 5.97 Å². The van der Waals surface area contributed by atoms with Crippen molar-refractivity contribution in [3.63, 3.8) is 0 Å². The molecular formula is C8H9ClO4. The molecule has 5 heteroatoms. The van der Waals surface area contributed by atoms with E-state index in [4.69, 9.17) is 11.6 Å². The lowest BCUT2D eigenvalue weighted by Crippen LogP contribution is -2.32. The first-order valence-electron chi connectivity index (χ1n) is 3.88. The largest absolute Gasteiger partial charge is 0.463 e. The molecule has 0 unspecified atom stereocenters. The third-order valence-electron chi connectivity index (χ3n) is 1.85. The molecule has 0 spiro atoms. The Morgan fingerprint density at radius 1 is 1.38 bits per heavy atom. The SMILES string of the molecule is COC(=O)C(=O)[C@@H](Cl)C(=O)C1CC1. The van der Waals surface area contributed by atoms with Crippen molar-refractivity contribution in [2.24, 2.45) is 5.92 Å². The maximum atomic E-state index is 11.2. The van der Waals surface area contributed by atoms with E-state index in [1.54, 1.807) is 0 Å². The van der Waals surface area contributed by atoms with Gasteiger partial charge in [0.2, 0.25) is 0 Å². The number of alkyl halides is 1. The third kappa shape index (κ3) is 2.28. The first-order valence-corrected chi connectivity index (χ1v) is 4.31. The quantitative estimate of drug-likeness (QED) is 0.286. The van der Waals surface area contributed by atoms with Gasteiger partial charge in [-0.15, -0.1) is 11.6 Å². The second-order valence-corrected chi connectivity index (χ2v) is 3.33. The Labute approximate surface area is 80.2 Å². The number of methoxy groups -OCH3 is 1. The molecule has 4 nitrogen and oxygen atoms in total. The van der Waals surface area contributed by atoms with Crippen LogP contribution in [0.15, 0.2) is 0 Å². The number of halogens is 1. The molecule has 1 rings (SSSR count). The summed E-state index contributed by atoms with van der Waals surface area (Å²) in [7, 11) is 1.07. The van der Waals surface area contributed by atoms with Crippen LogP contribution in [0.1, 0.15) is 12.8 Å². The summed E-state index contributed by atoms with van der Waals surface area (Å²) in [6, 6.07) is 0. The monoisotopic (exact) mass is 204 g/mol. The van der Waals surface area contributed by atoms with Crippen LogP contribution >= 0.6 is 11.6 Å². The van der Waals surface area contributed by atoms with Gasteiger partial charge < -0.3 is 4.74 Å². The molecule has 0 heterocycles. The molecule has 0 aromatic carbocycles. The molecule has 0 radical (unpaired) electrons. The van der Waals surface area contributed by atoms with Crippen molar-refractivity contribution in [2.75, 3.05) is 7.11 Å². The summed E-state index contributed by atoms with van der Waals surface area (Å²) >= 11 is 5.49. The van der Waals surface area contributed by atoms with Crippen LogP contribution in [-0.4, -0.2) is 30.0 Å². The van der Waals surface area contributed by atoms with E-state index in [1.807, 2.05) is 0 Å². The highest BCUT2D eigenvalue weighted by Gasteiger charge is 2.39. The fourth-order valence-corrected chi connectivity index (χ4v) is 1.18. The molecule has 0 bridgehead atoms. The number of hydrogen-bond donors (Lipinski definition) is 0. The van der Waals surface area contributed by atoms with E-state index in [0.29, 0.717) is 0 Å². The van der Waals surface area contributed by atoms with E-state index < -0.39 is 17.1 Å². The number of Topliss-reactive ketones (excluding diaryl/α,β-unsaturated/α-hetero) is 2. The number of carbonyl (C=O) groups excluding carboxylic acids is 3. The Balaban J connectivity index is 2.55. The highest BCUT2D eigenvalue weighted by atomic mass is 35.5. The number of hydrogen-bond acceptors (Lipinski definition) is 4. The molecule has 13 heavy (non-hydrogen) atoms. The molecule has 0 amide bonds. The van der Waals surface area contributed by atoms with Crippen LogP contribution in [0.2, 0.25) is 0 Å². The molecule has 1 saturated carbocycles. The zero-order valence-electron chi connectivity index (χ0n) is 7.08. The van der Waals surface area contributed by atoms with Crippen molar-refractivity contribution in [3.05, 3.63) is 0 Å². The summed E-state index contributed by atoms with van der Waals surface area (Å²) < 4.78 is 4.16. The summed E-state index contributed by atoms with van der Waals surface area (Å²) in [6.45, 7) is 0. The summed E-state index contributed by atoms with van der Waals surface area (Å²) in [6.07, 6.45) is 1.52. The maximum absolute atomic E-state index is 11.2. The van der Waals surface area contributed by atoms with Crippen LogP contribution in [0.5, 0.6) is 0 Å². The second kappa shape index (κ2) is 3.87. The van der Waals surface area contributed by atoms with Gasteiger partial charge in [0.25, 0.3) is 5.78 Å². The summed E-state index contributed by atoms with van der Waals surface area (Å²) in [5, 5.41) is -1.36. The zero-order chi connectivity index (χ0) is 10.0. The van der Waals surface area contributed by atoms with Crippen LogP contribution in [0, 0.1) is 5.92 Å². The lowest BCUT2D eigenvalue weighted by molar-refractivity contribution is -0.152. The van der Waals surface area contributed by atoms with Gasteiger partial charge in [-0.3, -0.25) is 9.59 Å². The summed E-state index contributed by atoms with van der Waals surface area (Å²) in [4.78, 5) is 32.9. The molecule has 1 fully saturated rings. The predicted molar refractivity (Wildman–Crippen MR) is 44.4 cm³/mol. The second-order valence-electron chi connectivity index (χ2n) is 2.90. The van der Waals surface area contributed by atoms with Crippen molar-refractivity contribution in [2.45, 2.75) is 18.2 Å². The number of esters is 1. The van der Waals surface area contributed by atoms with E-state index in [1.165, 1.54) is 0 Å². The topological polar surface area (TPSA) is 60.4 Å². The van der Waals surface area contributed by atoms with Crippen molar-refractivity contribution >= 4 is 29.1 Å². The van der Waals surface area contributed by atoms with Gasteiger partial charge in [0.1, 0.15) is 0 Å². The molecule has 1 aliphatic carbocycles. The van der Waals surface area contributed by atoms with Crippen LogP contribution in [0.25, 0.3) is 0 Å². The van der Waals surface area contributed by atoms with Gasteiger partial charge in [-0.2, -0.15) is 0 Å². The molecule has 1 atom stereocenters. The first kappa shape index (κ1) is 10.2. The third-order valence-corrected chi connectivity index (χ3v) is 2.26. The molecule has 72 valence electrons. The number of carbonyl (C=O) groups is 3. The van der Waals surface area contributed by atoms with Crippen LogP contribution in [0.3, 0.4) is 0 Å². The Morgan fingerprint density at radius 3 is 2.31 bits per heavy atom. The van der Waals surface area contributed by atoms with Gasteiger partial charge in [0.05, 0.1) is 7.11 Å². The minimum atomic E-state index is -1.36. The lowest BCUT2D eigenvalue weighted by Gasteiger charge is -2.03. The van der Waals surface area contributed by atoms with E-state index in [2.05, 4.69) is 4.74 Å². The average Bonchev–Trinajstić information content (AvgIpc) is 2.96. The molecule has 0 N–H and O–H groups in total. The lowest BCUT2D eigenvalue weighted by atomic mass is 10.1. The maximum Gasteiger partial charge on any atom is 0.376 e. The number of ketones is 2. The molecule has 0 aliphatic heterocycles. The normalized spacial score (nSPS) is 17.7. The minimum Gasteiger partial charge on any atom is -0.463 e. The molecule has 0 aromatic heterocycles. The van der Waals surface area contributed by atoms with Gasteiger partial charge in [-0.05, 0) is 12.8 Å². The molecule has 0 aromatic rings. The van der Waals surface area contributed by atoms with Crippen LogP contribution in [-0.2, 0) is 19.1 Å². The minimum absolute atomic E-state index is 0.129. The van der Waals surface area contributed by atoms with Crippen molar-refractivity contribution in [1.29, 1.82) is 0 Å². The van der Waals surface area contributed by atoms with Crippen molar-refractivity contribution < 1.29 is 19.1 Å². The fourth-order valence-electron chi connectivity index (χ4n) is 0.908. The molecule has 0 saturated heterocycles. The summed E-state index contributed by atoms with van der Waals surface area (Å²) in [5.74, 6) is -2.52. The Morgan fingerprint density at radius 2 is 1.92 bits per heavy atom. The number of ether oxygens (including phenoxy) is 1. The van der Waals surface area contributed by atoms with Crippen LogP contribution in [0.4, 0.5) is 0 Å². The van der Waals surface area contributed by atoms with E-state index in [0.717, 1.165) is 20.0 Å². The Bertz CT molecular complexity index is 257. The van der Waals surface area contributed by atoms with E-state index >= 15 is 0 Å². The first-order chi connectivity index (χ1) is 6.07. The Hall–Kier alpha value is -0.900. The Kier molecular flexibility index (Phi) is 3.03. The van der Waals surface area contributed by atoms with Gasteiger partial charge in [-0.1, -0.05) is 0 Å². The van der Waals surface area contributed by atoms with E-state index in [-0.39, 0.29) is 11.7 Å². The van der Waals surface area contributed by atoms with Crippen LogP contribution < -0.4 is 0 Å². The van der Waals surface area contributed by atoms with Gasteiger partial charge in [0, 0.05) is 5.92 Å².